The van der Waals surface area contributed by atoms with Crippen LogP contribution in [0.5, 0.6) is 0 Å². The van der Waals surface area contributed by atoms with Crippen LogP contribution in [0.4, 0.5) is 0 Å². The maximum atomic E-state index is 12.8. The molecule has 0 saturated carbocycles. The summed E-state index contributed by atoms with van der Waals surface area (Å²) in [7, 11) is 0. The number of carbonyl (C=O) groups is 4. The fourth-order valence-electron chi connectivity index (χ4n) is 2.97. The van der Waals surface area contributed by atoms with Crippen molar-refractivity contribution in [3.05, 3.63) is 58.4 Å². The second kappa shape index (κ2) is 8.39. The molecular formula is C20H19ClN2O5. The molecule has 0 bridgehead atoms. The van der Waals surface area contributed by atoms with Crippen LogP contribution < -0.4 is 0 Å². The number of carbonyl (C=O) groups excluding carboxylic acids is 4. The summed E-state index contributed by atoms with van der Waals surface area (Å²) in [6.45, 7) is 1.64. The zero-order valence-electron chi connectivity index (χ0n) is 15.2. The molecular weight excluding hydrogens is 384 g/mol. The average Bonchev–Trinajstić information content (AvgIpc) is 3.10. The van der Waals surface area contributed by atoms with Gasteiger partial charge in [0.15, 0.2) is 11.9 Å². The molecule has 0 spiro atoms. The van der Waals surface area contributed by atoms with Crippen LogP contribution in [0.25, 0.3) is 0 Å². The van der Waals surface area contributed by atoms with Gasteiger partial charge in [0.25, 0.3) is 11.8 Å². The summed E-state index contributed by atoms with van der Waals surface area (Å²) < 4.78 is 5.35. The Morgan fingerprint density at radius 2 is 1.86 bits per heavy atom. The molecule has 7 nitrogen and oxygen atoms in total. The number of amides is 2. The fourth-order valence-corrected chi connectivity index (χ4v) is 3.10. The standard InChI is InChI=1S/C20H19ClN2O5/c1-12(24)14-10-16(22-11-14)20(27)28-17-4-2-3-9-23(19(17)26)18(25)13-5-7-15(21)8-6-13/h5-8,10-11,17,22H,2-4,9H2,1H3. The van der Waals surface area contributed by atoms with Crippen LogP contribution in [0, 0.1) is 0 Å². The first-order valence-corrected chi connectivity index (χ1v) is 9.26. The summed E-state index contributed by atoms with van der Waals surface area (Å²) >= 11 is 5.84. The van der Waals surface area contributed by atoms with Gasteiger partial charge in [0.05, 0.1) is 0 Å². The van der Waals surface area contributed by atoms with Gasteiger partial charge in [-0.25, -0.2) is 4.79 Å². The number of imide groups is 1. The monoisotopic (exact) mass is 402 g/mol. The lowest BCUT2D eigenvalue weighted by atomic mass is 10.1. The first-order valence-electron chi connectivity index (χ1n) is 8.88. The highest BCUT2D eigenvalue weighted by molar-refractivity contribution is 6.30. The highest BCUT2D eigenvalue weighted by Crippen LogP contribution is 2.20. The van der Waals surface area contributed by atoms with Gasteiger partial charge in [-0.05, 0) is 56.5 Å². The fraction of sp³-hybridized carbons (Fsp3) is 0.300. The van der Waals surface area contributed by atoms with Crippen molar-refractivity contribution in [1.29, 1.82) is 0 Å². The van der Waals surface area contributed by atoms with Gasteiger partial charge in [0.1, 0.15) is 5.69 Å². The van der Waals surface area contributed by atoms with Crippen LogP contribution in [-0.4, -0.2) is 46.1 Å². The maximum Gasteiger partial charge on any atom is 0.355 e. The zero-order valence-corrected chi connectivity index (χ0v) is 16.0. The van der Waals surface area contributed by atoms with E-state index in [4.69, 9.17) is 16.3 Å². The molecule has 146 valence electrons. The van der Waals surface area contributed by atoms with Gasteiger partial charge in [-0.15, -0.1) is 0 Å². The van der Waals surface area contributed by atoms with Gasteiger partial charge in [-0.1, -0.05) is 11.6 Å². The third-order valence-corrected chi connectivity index (χ3v) is 4.79. The molecule has 1 atom stereocenters. The number of benzene rings is 1. The number of rotatable bonds is 4. The maximum absolute atomic E-state index is 12.8. The molecule has 1 aliphatic heterocycles. The van der Waals surface area contributed by atoms with Crippen molar-refractivity contribution in [3.8, 4) is 0 Å². The largest absolute Gasteiger partial charge is 0.448 e. The number of ketones is 1. The lowest BCUT2D eigenvalue weighted by Gasteiger charge is -2.22. The molecule has 1 N–H and O–H groups in total. The van der Waals surface area contributed by atoms with Crippen molar-refractivity contribution < 1.29 is 23.9 Å². The topological polar surface area (TPSA) is 96.5 Å². The van der Waals surface area contributed by atoms with Crippen molar-refractivity contribution in [1.82, 2.24) is 9.88 Å². The van der Waals surface area contributed by atoms with Crippen LogP contribution >= 0.6 is 11.6 Å². The van der Waals surface area contributed by atoms with E-state index < -0.39 is 23.9 Å². The molecule has 0 aliphatic carbocycles. The zero-order chi connectivity index (χ0) is 20.3. The van der Waals surface area contributed by atoms with Gasteiger partial charge in [0.2, 0.25) is 0 Å². The number of hydrogen-bond acceptors (Lipinski definition) is 5. The van der Waals surface area contributed by atoms with Crippen LogP contribution in [0.1, 0.15) is 57.4 Å². The van der Waals surface area contributed by atoms with Crippen molar-refractivity contribution >= 4 is 35.2 Å². The van der Waals surface area contributed by atoms with Crippen LogP contribution in [0.15, 0.2) is 36.5 Å². The summed E-state index contributed by atoms with van der Waals surface area (Å²) in [6.07, 6.45) is 1.93. The third kappa shape index (κ3) is 4.31. The number of halogens is 1. The Kier molecular flexibility index (Phi) is 5.94. The first kappa shape index (κ1) is 19.8. The Morgan fingerprint density at radius 3 is 2.50 bits per heavy atom. The van der Waals surface area contributed by atoms with Crippen LogP contribution in [0.3, 0.4) is 0 Å². The quantitative estimate of drug-likeness (QED) is 0.481. The van der Waals surface area contributed by atoms with E-state index in [0.29, 0.717) is 35.4 Å². The lowest BCUT2D eigenvalue weighted by Crippen LogP contribution is -2.43. The minimum absolute atomic E-state index is 0.0813. The minimum atomic E-state index is -1.06. The van der Waals surface area contributed by atoms with Gasteiger partial charge in [0, 0.05) is 28.9 Å². The highest BCUT2D eigenvalue weighted by atomic mass is 35.5. The normalized spacial score (nSPS) is 17.1. The molecule has 1 unspecified atom stereocenters. The number of nitrogens with one attached hydrogen (secondary N) is 1. The average molecular weight is 403 g/mol. The van der Waals surface area contributed by atoms with Gasteiger partial charge in [-0.3, -0.25) is 19.3 Å². The van der Waals surface area contributed by atoms with E-state index in [2.05, 4.69) is 4.98 Å². The second-order valence-corrected chi connectivity index (χ2v) is 6.99. The van der Waals surface area contributed by atoms with Gasteiger partial charge >= 0.3 is 5.97 Å². The third-order valence-electron chi connectivity index (χ3n) is 4.53. The van der Waals surface area contributed by atoms with Crippen LogP contribution in [0.2, 0.25) is 5.02 Å². The first-order chi connectivity index (χ1) is 13.4. The van der Waals surface area contributed by atoms with E-state index >= 15 is 0 Å². The molecule has 1 saturated heterocycles. The highest BCUT2D eigenvalue weighted by Gasteiger charge is 2.34. The van der Waals surface area contributed by atoms with E-state index in [1.807, 2.05) is 0 Å². The number of ether oxygens (including phenoxy) is 1. The Balaban J connectivity index is 1.74. The molecule has 0 radical (unpaired) electrons. The smallest absolute Gasteiger partial charge is 0.355 e. The van der Waals surface area contributed by atoms with Gasteiger partial charge < -0.3 is 9.72 Å². The van der Waals surface area contributed by atoms with Crippen molar-refractivity contribution in [3.63, 3.8) is 0 Å². The SMILES string of the molecule is CC(=O)c1c[nH]c(C(=O)OC2CCCCN(C(=O)c3ccc(Cl)cc3)C2=O)c1. The summed E-state index contributed by atoms with van der Waals surface area (Å²) in [5, 5.41) is 0.487. The number of hydrogen-bond donors (Lipinski definition) is 1. The van der Waals surface area contributed by atoms with Crippen molar-refractivity contribution in [2.24, 2.45) is 0 Å². The molecule has 3 rings (SSSR count). The Labute approximate surface area is 166 Å². The summed E-state index contributed by atoms with van der Waals surface area (Å²) in [6, 6.07) is 7.62. The molecule has 2 amide bonds. The summed E-state index contributed by atoms with van der Waals surface area (Å²) in [4.78, 5) is 53.1. The molecule has 28 heavy (non-hydrogen) atoms. The molecule has 1 aliphatic rings. The molecule has 2 aromatic rings. The predicted molar refractivity (Wildman–Crippen MR) is 101 cm³/mol. The predicted octanol–water partition coefficient (Wildman–Crippen LogP) is 3.25. The molecule has 1 fully saturated rings. The Hall–Kier alpha value is -2.93. The number of aromatic nitrogens is 1. The number of aromatic amines is 1. The lowest BCUT2D eigenvalue weighted by molar-refractivity contribution is -0.137. The van der Waals surface area contributed by atoms with Gasteiger partial charge in [-0.2, -0.15) is 0 Å². The van der Waals surface area contributed by atoms with E-state index in [-0.39, 0.29) is 18.0 Å². The number of likely N-dealkylation sites (tertiary alicyclic amines) is 1. The van der Waals surface area contributed by atoms with Crippen LogP contribution in [-0.2, 0) is 9.53 Å². The molecule has 2 heterocycles. The van der Waals surface area contributed by atoms with E-state index in [9.17, 15) is 19.2 Å². The van der Waals surface area contributed by atoms with Crippen molar-refractivity contribution in [2.75, 3.05) is 6.54 Å². The molecule has 1 aromatic heterocycles. The Morgan fingerprint density at radius 1 is 1.14 bits per heavy atom. The second-order valence-electron chi connectivity index (χ2n) is 6.55. The number of esters is 1. The number of Topliss-reactive ketones (excluding diaryl/α,β-unsaturated/α-hetero) is 1. The van der Waals surface area contributed by atoms with E-state index in [1.54, 1.807) is 24.3 Å². The Bertz CT molecular complexity index is 919. The summed E-state index contributed by atoms with van der Waals surface area (Å²) in [5.41, 5.74) is 0.761. The molecule has 8 heteroatoms. The molecule has 1 aromatic carbocycles. The van der Waals surface area contributed by atoms with Crippen molar-refractivity contribution in [2.45, 2.75) is 32.3 Å². The number of H-pyrrole nitrogens is 1. The number of nitrogens with zero attached hydrogens (tertiary/aromatic N) is 1. The summed E-state index contributed by atoms with van der Waals surface area (Å²) in [5.74, 6) is -1.94. The van der Waals surface area contributed by atoms with E-state index in [0.717, 1.165) is 4.90 Å². The minimum Gasteiger partial charge on any atom is -0.448 e. The van der Waals surface area contributed by atoms with E-state index in [1.165, 1.54) is 19.2 Å².